The zero-order valence-electron chi connectivity index (χ0n) is 17.4. The van der Waals surface area contributed by atoms with Crippen LogP contribution in [0.5, 0.6) is 0 Å². The summed E-state index contributed by atoms with van der Waals surface area (Å²) in [5.74, 6) is -1.47. The molecule has 0 unspecified atom stereocenters. The van der Waals surface area contributed by atoms with E-state index in [-0.39, 0.29) is 21.9 Å². The van der Waals surface area contributed by atoms with Crippen molar-refractivity contribution >= 4 is 38.5 Å². The van der Waals surface area contributed by atoms with Crippen molar-refractivity contribution in [2.75, 3.05) is 18.4 Å². The van der Waals surface area contributed by atoms with E-state index in [1.165, 1.54) is 28.6 Å². The maximum atomic E-state index is 12.8. The van der Waals surface area contributed by atoms with Gasteiger partial charge in [0, 0.05) is 24.0 Å². The third-order valence-electron chi connectivity index (χ3n) is 4.93. The Kier molecular flexibility index (Phi) is 6.77. The number of unbranched alkanes of at least 4 members (excludes halogenated alkanes) is 1. The number of nitrogens with zero attached hydrogens (tertiary/aromatic N) is 1. The van der Waals surface area contributed by atoms with Gasteiger partial charge in [-0.05, 0) is 42.8 Å². The minimum atomic E-state index is -3.64. The van der Waals surface area contributed by atoms with Gasteiger partial charge >= 0.3 is 0 Å². The monoisotopic (exact) mass is 443 g/mol. The number of hydrogen-bond acceptors (Lipinski definition) is 5. The molecule has 0 aliphatic carbocycles. The van der Waals surface area contributed by atoms with Crippen molar-refractivity contribution in [2.45, 2.75) is 31.6 Å². The van der Waals surface area contributed by atoms with Gasteiger partial charge in [0.1, 0.15) is 11.3 Å². The molecular formula is C22H25N3O5S. The smallest absolute Gasteiger partial charge is 0.286 e. The van der Waals surface area contributed by atoms with Crippen LogP contribution in [0.2, 0.25) is 0 Å². The number of benzene rings is 2. The first-order valence-corrected chi connectivity index (χ1v) is 11.5. The van der Waals surface area contributed by atoms with Gasteiger partial charge in [-0.2, -0.15) is 4.31 Å². The van der Waals surface area contributed by atoms with E-state index in [1.807, 2.05) is 6.92 Å². The highest BCUT2D eigenvalue weighted by Gasteiger charge is 2.24. The van der Waals surface area contributed by atoms with Crippen LogP contribution in [0.4, 0.5) is 5.69 Å². The number of nitrogens with one attached hydrogen (secondary N) is 1. The Hall–Kier alpha value is -3.17. The van der Waals surface area contributed by atoms with Gasteiger partial charge in [0.2, 0.25) is 15.8 Å². The summed E-state index contributed by atoms with van der Waals surface area (Å²) in [6.07, 6.45) is 1.66. The van der Waals surface area contributed by atoms with E-state index in [0.717, 1.165) is 12.8 Å². The normalized spacial score (nSPS) is 11.7. The zero-order valence-corrected chi connectivity index (χ0v) is 18.2. The number of carbonyl (C=O) groups excluding carboxylic acids is 2. The summed E-state index contributed by atoms with van der Waals surface area (Å²) >= 11 is 0. The molecule has 2 amide bonds. The number of hydrogen-bond donors (Lipinski definition) is 2. The molecule has 164 valence electrons. The lowest BCUT2D eigenvalue weighted by Crippen LogP contribution is -2.31. The first kappa shape index (κ1) is 22.5. The van der Waals surface area contributed by atoms with E-state index in [9.17, 15) is 18.0 Å². The van der Waals surface area contributed by atoms with E-state index in [0.29, 0.717) is 24.1 Å². The zero-order chi connectivity index (χ0) is 22.6. The van der Waals surface area contributed by atoms with Gasteiger partial charge in [0.15, 0.2) is 0 Å². The molecule has 31 heavy (non-hydrogen) atoms. The van der Waals surface area contributed by atoms with Crippen LogP contribution < -0.4 is 11.1 Å². The highest BCUT2D eigenvalue weighted by atomic mass is 32.2. The van der Waals surface area contributed by atoms with Crippen LogP contribution in [-0.4, -0.2) is 37.6 Å². The lowest BCUT2D eigenvalue weighted by atomic mass is 10.2. The number of amides is 2. The van der Waals surface area contributed by atoms with Gasteiger partial charge in [-0.1, -0.05) is 32.4 Å². The molecule has 0 atom stereocenters. The maximum Gasteiger partial charge on any atom is 0.286 e. The lowest BCUT2D eigenvalue weighted by molar-refractivity contribution is 0.0977. The van der Waals surface area contributed by atoms with E-state index in [2.05, 4.69) is 5.32 Å². The van der Waals surface area contributed by atoms with Crippen LogP contribution >= 0.6 is 0 Å². The number of para-hydroxylation sites is 1. The quantitative estimate of drug-likeness (QED) is 0.523. The molecule has 2 aromatic carbocycles. The Morgan fingerprint density at radius 2 is 1.74 bits per heavy atom. The van der Waals surface area contributed by atoms with Crippen LogP contribution in [0.1, 0.15) is 47.6 Å². The van der Waals surface area contributed by atoms with Crippen LogP contribution in [-0.2, 0) is 10.0 Å². The number of nitrogens with two attached hydrogens (primary N) is 1. The van der Waals surface area contributed by atoms with E-state index in [1.54, 1.807) is 31.2 Å². The maximum absolute atomic E-state index is 12.8. The van der Waals surface area contributed by atoms with Crippen molar-refractivity contribution in [1.29, 1.82) is 0 Å². The van der Waals surface area contributed by atoms with Gasteiger partial charge in [0.05, 0.1) is 4.90 Å². The van der Waals surface area contributed by atoms with Gasteiger partial charge in [-0.3, -0.25) is 9.59 Å². The molecule has 0 radical (unpaired) electrons. The first-order chi connectivity index (χ1) is 14.8. The molecule has 0 spiro atoms. The SMILES string of the molecule is CCCCN(CC)S(=O)(=O)c1ccc(C(=O)Nc2c(C(N)=O)oc3ccccc23)cc1. The summed E-state index contributed by atoms with van der Waals surface area (Å²) in [5, 5.41) is 3.20. The minimum Gasteiger partial charge on any atom is -0.449 e. The van der Waals surface area contributed by atoms with E-state index < -0.39 is 21.8 Å². The van der Waals surface area contributed by atoms with Gasteiger partial charge in [-0.25, -0.2) is 8.42 Å². The molecule has 3 rings (SSSR count). The van der Waals surface area contributed by atoms with Gasteiger partial charge < -0.3 is 15.5 Å². The third kappa shape index (κ3) is 4.62. The van der Waals surface area contributed by atoms with Crippen LogP contribution in [0, 0.1) is 0 Å². The summed E-state index contributed by atoms with van der Waals surface area (Å²) in [6.45, 7) is 4.61. The highest BCUT2D eigenvalue weighted by molar-refractivity contribution is 7.89. The molecule has 0 saturated carbocycles. The second-order valence-corrected chi connectivity index (χ2v) is 8.93. The van der Waals surface area contributed by atoms with Crippen LogP contribution in [0.15, 0.2) is 57.8 Å². The average molecular weight is 444 g/mol. The van der Waals surface area contributed by atoms with Crippen molar-refractivity contribution in [3.63, 3.8) is 0 Å². The van der Waals surface area contributed by atoms with Crippen LogP contribution in [0.25, 0.3) is 11.0 Å². The molecule has 0 saturated heterocycles. The highest BCUT2D eigenvalue weighted by Crippen LogP contribution is 2.31. The molecule has 3 aromatic rings. The summed E-state index contributed by atoms with van der Waals surface area (Å²) < 4.78 is 32.5. The Bertz CT molecular complexity index is 1200. The van der Waals surface area contributed by atoms with E-state index >= 15 is 0 Å². The molecule has 8 nitrogen and oxygen atoms in total. The van der Waals surface area contributed by atoms with Crippen LogP contribution in [0.3, 0.4) is 0 Å². The second-order valence-electron chi connectivity index (χ2n) is 7.00. The largest absolute Gasteiger partial charge is 0.449 e. The fraction of sp³-hybridized carbons (Fsp3) is 0.273. The Labute approximate surface area is 181 Å². The molecule has 3 N–H and O–H groups in total. The first-order valence-electron chi connectivity index (χ1n) is 10.0. The molecule has 9 heteroatoms. The van der Waals surface area contributed by atoms with Crippen molar-refractivity contribution in [1.82, 2.24) is 4.31 Å². The Balaban J connectivity index is 1.86. The molecule has 0 aliphatic heterocycles. The van der Waals surface area contributed by atoms with Crippen molar-refractivity contribution in [3.8, 4) is 0 Å². The van der Waals surface area contributed by atoms with Crippen molar-refractivity contribution < 1.29 is 22.4 Å². The fourth-order valence-corrected chi connectivity index (χ4v) is 4.73. The Morgan fingerprint density at radius 1 is 1.06 bits per heavy atom. The Morgan fingerprint density at radius 3 is 2.35 bits per heavy atom. The number of fused-ring (bicyclic) bond motifs is 1. The predicted molar refractivity (Wildman–Crippen MR) is 118 cm³/mol. The molecule has 1 heterocycles. The molecule has 1 aromatic heterocycles. The minimum absolute atomic E-state index is 0.119. The molecule has 0 bridgehead atoms. The number of anilines is 1. The summed E-state index contributed by atoms with van der Waals surface area (Å²) in [6, 6.07) is 12.5. The fourth-order valence-electron chi connectivity index (χ4n) is 3.24. The summed E-state index contributed by atoms with van der Waals surface area (Å²) in [7, 11) is -3.64. The number of rotatable bonds is 9. The second kappa shape index (κ2) is 9.32. The van der Waals surface area contributed by atoms with E-state index in [4.69, 9.17) is 10.2 Å². The van der Waals surface area contributed by atoms with Gasteiger partial charge in [-0.15, -0.1) is 0 Å². The van der Waals surface area contributed by atoms with Gasteiger partial charge in [0.25, 0.3) is 11.8 Å². The molecule has 0 fully saturated rings. The third-order valence-corrected chi connectivity index (χ3v) is 6.91. The predicted octanol–water partition coefficient (Wildman–Crippen LogP) is 3.59. The topological polar surface area (TPSA) is 123 Å². The summed E-state index contributed by atoms with van der Waals surface area (Å²) in [4.78, 5) is 24.6. The number of furan rings is 1. The average Bonchev–Trinajstić information content (AvgIpc) is 3.13. The standard InChI is InChI=1S/C22H25N3O5S/c1-3-5-14-25(4-2)31(28,29)16-12-10-15(11-13-16)22(27)24-19-17-8-6-7-9-18(17)30-20(19)21(23)26/h6-13H,3-5,14H2,1-2H3,(H2,23,26)(H,24,27). The molecular weight excluding hydrogens is 418 g/mol. The molecule has 0 aliphatic rings. The number of primary amides is 1. The van der Waals surface area contributed by atoms with Crippen molar-refractivity contribution in [2.24, 2.45) is 5.73 Å². The summed E-state index contributed by atoms with van der Waals surface area (Å²) in [5.41, 5.74) is 6.21. The number of sulfonamides is 1. The lowest BCUT2D eigenvalue weighted by Gasteiger charge is -2.20. The van der Waals surface area contributed by atoms with Crippen molar-refractivity contribution in [3.05, 3.63) is 59.9 Å². The number of carbonyl (C=O) groups is 2.